The summed E-state index contributed by atoms with van der Waals surface area (Å²) < 4.78 is 38.4. The topological polar surface area (TPSA) is 184 Å². The highest BCUT2D eigenvalue weighted by atomic mass is 31.2. The van der Waals surface area contributed by atoms with Crippen LogP contribution in [0.3, 0.4) is 0 Å². The van der Waals surface area contributed by atoms with Crippen LogP contribution in [-0.4, -0.2) is 72.1 Å². The van der Waals surface area contributed by atoms with Crippen LogP contribution in [0.15, 0.2) is 24.3 Å². The number of carbonyl (C=O) groups excluding carboxylic acids is 2. The zero-order chi connectivity index (χ0) is 40.4. The molecule has 1 aliphatic rings. The minimum atomic E-state index is -4.72. The van der Waals surface area contributed by atoms with Gasteiger partial charge in [0.05, 0.1) is 25.4 Å². The molecule has 0 radical (unpaired) electrons. The zero-order valence-corrected chi connectivity index (χ0v) is 35.1. The molecule has 12 nitrogen and oxygen atoms in total. The number of esters is 2. The first-order chi connectivity index (χ1) is 26.6. The summed E-state index contributed by atoms with van der Waals surface area (Å²) in [6.45, 7) is 2.73. The van der Waals surface area contributed by atoms with E-state index < -0.39 is 51.1 Å². The van der Waals surface area contributed by atoms with Crippen molar-refractivity contribution in [1.82, 2.24) is 0 Å². The standard InChI is InChI=1S/C42H76NO11P/c1-3-5-7-8-9-10-11-12-13-14-15-16-20-23-27-31-40(44)50-33-36(34-51-55(48,49)52-35-37(43)42(46)47)53-41(45)32-28-24-21-18-17-19-22-26-30-39-38(54-39)29-25-6-4-2/h10-11,22,26,36-39H,3-9,12-21,23-25,27-35,43H2,1-2H3,(H,46,47)(H,48,49)/b11-10-,26-22-/t36-,37+,38?,39?/m1/s1. The van der Waals surface area contributed by atoms with Crippen LogP contribution in [0, 0.1) is 0 Å². The normalized spacial score (nSPS) is 17.7. The van der Waals surface area contributed by atoms with Crippen molar-refractivity contribution < 1.29 is 52.2 Å². The van der Waals surface area contributed by atoms with Crippen molar-refractivity contribution in [2.75, 3.05) is 19.8 Å². The molecule has 1 rings (SSSR count). The third kappa shape index (κ3) is 31.7. The Morgan fingerprint density at radius 1 is 0.655 bits per heavy atom. The predicted molar refractivity (Wildman–Crippen MR) is 217 cm³/mol. The number of hydrogen-bond acceptors (Lipinski definition) is 10. The Hall–Kier alpha value is -2.08. The van der Waals surface area contributed by atoms with Gasteiger partial charge in [-0.25, -0.2) is 4.57 Å². The molecule has 0 spiro atoms. The molecule has 0 aromatic carbocycles. The minimum Gasteiger partial charge on any atom is -0.480 e. The summed E-state index contributed by atoms with van der Waals surface area (Å²) in [7, 11) is -4.72. The van der Waals surface area contributed by atoms with Crippen LogP contribution in [0.4, 0.5) is 0 Å². The van der Waals surface area contributed by atoms with E-state index in [4.69, 9.17) is 29.6 Å². The van der Waals surface area contributed by atoms with Crippen molar-refractivity contribution in [3.63, 3.8) is 0 Å². The van der Waals surface area contributed by atoms with Gasteiger partial charge in [0.25, 0.3) is 0 Å². The van der Waals surface area contributed by atoms with Crippen LogP contribution >= 0.6 is 7.82 Å². The fraction of sp³-hybridized carbons (Fsp3) is 0.833. The number of epoxide rings is 1. The Balaban J connectivity index is 2.29. The maximum absolute atomic E-state index is 12.6. The molecule has 1 fully saturated rings. The van der Waals surface area contributed by atoms with E-state index in [0.717, 1.165) is 64.2 Å². The summed E-state index contributed by atoms with van der Waals surface area (Å²) >= 11 is 0. The molecular formula is C42H76NO11P. The molecule has 55 heavy (non-hydrogen) atoms. The van der Waals surface area contributed by atoms with Gasteiger partial charge in [0.15, 0.2) is 6.10 Å². The number of ether oxygens (including phenoxy) is 3. The second kappa shape index (κ2) is 34.0. The van der Waals surface area contributed by atoms with E-state index in [1.54, 1.807) is 0 Å². The van der Waals surface area contributed by atoms with E-state index >= 15 is 0 Å². The number of phosphoric acid groups is 1. The van der Waals surface area contributed by atoms with Gasteiger partial charge in [-0.15, -0.1) is 0 Å². The first-order valence-electron chi connectivity index (χ1n) is 21.5. The molecule has 0 bridgehead atoms. The molecule has 320 valence electrons. The summed E-state index contributed by atoms with van der Waals surface area (Å²) in [4.78, 5) is 45.9. The van der Waals surface area contributed by atoms with E-state index in [-0.39, 0.29) is 19.4 Å². The molecule has 3 unspecified atom stereocenters. The average molecular weight is 802 g/mol. The summed E-state index contributed by atoms with van der Waals surface area (Å²) in [6.07, 6.45) is 35.5. The van der Waals surface area contributed by atoms with E-state index in [1.165, 1.54) is 77.0 Å². The van der Waals surface area contributed by atoms with Crippen molar-refractivity contribution in [2.24, 2.45) is 5.73 Å². The number of rotatable bonds is 39. The summed E-state index contributed by atoms with van der Waals surface area (Å²) in [6, 6.07) is -1.53. The van der Waals surface area contributed by atoms with Gasteiger partial charge in [0, 0.05) is 12.8 Å². The van der Waals surface area contributed by atoms with Gasteiger partial charge in [0.1, 0.15) is 12.6 Å². The quantitative estimate of drug-likeness (QED) is 0.0176. The van der Waals surface area contributed by atoms with Gasteiger partial charge < -0.3 is 29.9 Å². The fourth-order valence-electron chi connectivity index (χ4n) is 6.07. The highest BCUT2D eigenvalue weighted by Crippen LogP contribution is 2.43. The fourth-order valence-corrected chi connectivity index (χ4v) is 6.84. The largest absolute Gasteiger partial charge is 0.480 e. The number of carboxylic acids is 1. The van der Waals surface area contributed by atoms with Gasteiger partial charge in [0.2, 0.25) is 0 Å². The Morgan fingerprint density at radius 2 is 1.15 bits per heavy atom. The van der Waals surface area contributed by atoms with Crippen molar-refractivity contribution in [1.29, 1.82) is 0 Å². The van der Waals surface area contributed by atoms with Gasteiger partial charge in [-0.3, -0.25) is 23.4 Å². The van der Waals surface area contributed by atoms with Crippen LogP contribution in [0.2, 0.25) is 0 Å². The number of nitrogens with two attached hydrogens (primary N) is 1. The van der Waals surface area contributed by atoms with Crippen LogP contribution in [-0.2, 0) is 42.2 Å². The average Bonchev–Trinajstić information content (AvgIpc) is 3.91. The lowest BCUT2D eigenvalue weighted by molar-refractivity contribution is -0.161. The van der Waals surface area contributed by atoms with E-state index in [9.17, 15) is 23.8 Å². The highest BCUT2D eigenvalue weighted by Gasteiger charge is 2.36. The molecule has 1 saturated heterocycles. The van der Waals surface area contributed by atoms with Gasteiger partial charge in [-0.1, -0.05) is 128 Å². The first kappa shape index (κ1) is 50.9. The lowest BCUT2D eigenvalue weighted by Gasteiger charge is -2.20. The number of phosphoric ester groups is 1. The lowest BCUT2D eigenvalue weighted by atomic mass is 10.1. The third-order valence-corrected chi connectivity index (χ3v) is 10.5. The number of carboxylic acid groups (broad SMARTS) is 1. The summed E-state index contributed by atoms with van der Waals surface area (Å²) in [5.74, 6) is -2.41. The maximum atomic E-state index is 12.6. The molecule has 5 atom stereocenters. The maximum Gasteiger partial charge on any atom is 0.472 e. The smallest absolute Gasteiger partial charge is 0.472 e. The lowest BCUT2D eigenvalue weighted by Crippen LogP contribution is -2.34. The van der Waals surface area contributed by atoms with Crippen LogP contribution in [0.25, 0.3) is 0 Å². The number of allylic oxidation sites excluding steroid dienone is 3. The highest BCUT2D eigenvalue weighted by molar-refractivity contribution is 7.47. The molecule has 1 heterocycles. The minimum absolute atomic E-state index is 0.141. The molecule has 0 aromatic heterocycles. The van der Waals surface area contributed by atoms with Crippen LogP contribution in [0.5, 0.6) is 0 Å². The van der Waals surface area contributed by atoms with Crippen molar-refractivity contribution in [3.8, 4) is 0 Å². The monoisotopic (exact) mass is 802 g/mol. The predicted octanol–water partition coefficient (Wildman–Crippen LogP) is 10.0. The molecule has 0 aromatic rings. The molecule has 0 aliphatic carbocycles. The molecular weight excluding hydrogens is 725 g/mol. The van der Waals surface area contributed by atoms with E-state index in [2.05, 4.69) is 42.7 Å². The Morgan fingerprint density at radius 3 is 1.73 bits per heavy atom. The number of hydrogen-bond donors (Lipinski definition) is 3. The van der Waals surface area contributed by atoms with Crippen LogP contribution in [0.1, 0.15) is 181 Å². The van der Waals surface area contributed by atoms with Crippen molar-refractivity contribution in [3.05, 3.63) is 24.3 Å². The zero-order valence-electron chi connectivity index (χ0n) is 34.2. The Labute approximate surface area is 332 Å². The van der Waals surface area contributed by atoms with E-state index in [0.29, 0.717) is 25.0 Å². The molecule has 4 N–H and O–H groups in total. The van der Waals surface area contributed by atoms with E-state index in [1.807, 2.05) is 0 Å². The van der Waals surface area contributed by atoms with Crippen molar-refractivity contribution in [2.45, 2.75) is 205 Å². The molecule has 0 amide bonds. The van der Waals surface area contributed by atoms with Gasteiger partial charge in [-0.2, -0.15) is 0 Å². The Bertz CT molecular complexity index is 1100. The van der Waals surface area contributed by atoms with Gasteiger partial charge in [-0.05, 0) is 64.2 Å². The SMILES string of the molecule is CCCCCC/C=C\CCCCCCCCCC(=O)OC[C@H](COP(=O)(O)OC[C@H](N)C(=O)O)OC(=O)CCCCCCC/C=C\CC1OC1CCCCC. The third-order valence-electron chi connectivity index (χ3n) is 9.60. The van der Waals surface area contributed by atoms with Crippen molar-refractivity contribution >= 4 is 25.7 Å². The first-order valence-corrected chi connectivity index (χ1v) is 23.0. The Kier molecular flexibility index (Phi) is 31.5. The second-order valence-corrected chi connectivity index (χ2v) is 16.3. The molecule has 13 heteroatoms. The summed E-state index contributed by atoms with van der Waals surface area (Å²) in [5, 5.41) is 8.88. The molecule has 0 saturated carbocycles. The van der Waals surface area contributed by atoms with Gasteiger partial charge >= 0.3 is 25.7 Å². The number of aliphatic carboxylic acids is 1. The van der Waals surface area contributed by atoms with Crippen LogP contribution < -0.4 is 5.73 Å². The second-order valence-electron chi connectivity index (χ2n) is 14.9. The number of unbranched alkanes of at least 4 members (excludes halogenated alkanes) is 18. The molecule has 1 aliphatic heterocycles. The number of carbonyl (C=O) groups is 3. The summed E-state index contributed by atoms with van der Waals surface area (Å²) in [5.41, 5.74) is 5.33.